The van der Waals surface area contributed by atoms with Crippen molar-refractivity contribution >= 4 is 5.97 Å². The number of aliphatic hydroxyl groups is 1. The molecule has 0 bridgehead atoms. The van der Waals surface area contributed by atoms with Crippen LogP contribution in [-0.2, 0) is 23.7 Å². The molecule has 0 aliphatic rings. The number of carbonyl (C=O) groups is 1. The number of ether oxygens (including phenoxy) is 4. The molecule has 0 aliphatic carbocycles. The standard InChI is InChI=1S/C52H101NO6/c1-5-9-13-17-18-19-20-21-22-23-24-25-26-27-30-33-40-53(42-38-43-54)41-34-31-28-29-32-39-51(55)59-50-52(47-56-44-35-14-10-6-2,48-57-45-36-15-11-7-3)49-58-46-37-16-12-8-4/h18-19,21-22,54H,5-17,20,23-50H2,1-4H3/b19-18+,22-21+. The number of unbranched alkanes of at least 4 members (excludes halogenated alkanes) is 22. The quantitative estimate of drug-likeness (QED) is 0.0371. The number of allylic oxidation sites excluding steroid dienone is 4. The first-order valence-electron chi connectivity index (χ1n) is 25.6. The fourth-order valence-corrected chi connectivity index (χ4v) is 7.40. The fraction of sp³-hybridized carbons (Fsp3) is 0.904. The minimum absolute atomic E-state index is 0.119. The first kappa shape index (κ1) is 57.8. The van der Waals surface area contributed by atoms with Gasteiger partial charge in [0.25, 0.3) is 0 Å². The summed E-state index contributed by atoms with van der Waals surface area (Å²) in [6, 6.07) is 0. The molecule has 0 aliphatic heterocycles. The second-order valence-electron chi connectivity index (χ2n) is 17.5. The Morgan fingerprint density at radius 2 is 0.847 bits per heavy atom. The van der Waals surface area contributed by atoms with Gasteiger partial charge in [-0.25, -0.2) is 0 Å². The Morgan fingerprint density at radius 3 is 1.32 bits per heavy atom. The molecule has 0 fully saturated rings. The first-order valence-corrected chi connectivity index (χ1v) is 25.6. The molecule has 59 heavy (non-hydrogen) atoms. The molecule has 0 radical (unpaired) electrons. The molecular weight excluding hydrogens is 735 g/mol. The van der Waals surface area contributed by atoms with E-state index >= 15 is 0 Å². The smallest absolute Gasteiger partial charge is 0.305 e. The summed E-state index contributed by atoms with van der Waals surface area (Å²) in [7, 11) is 0. The minimum atomic E-state index is -0.486. The fourth-order valence-electron chi connectivity index (χ4n) is 7.40. The highest BCUT2D eigenvalue weighted by Gasteiger charge is 2.34. The van der Waals surface area contributed by atoms with Gasteiger partial charge in [-0.3, -0.25) is 4.79 Å². The van der Waals surface area contributed by atoms with E-state index in [-0.39, 0.29) is 19.2 Å². The number of hydrogen-bond donors (Lipinski definition) is 1. The van der Waals surface area contributed by atoms with Crippen molar-refractivity contribution in [1.82, 2.24) is 4.90 Å². The summed E-state index contributed by atoms with van der Waals surface area (Å²) in [6.45, 7) is 16.3. The zero-order valence-corrected chi connectivity index (χ0v) is 39.9. The summed E-state index contributed by atoms with van der Waals surface area (Å²) < 4.78 is 24.7. The minimum Gasteiger partial charge on any atom is -0.465 e. The van der Waals surface area contributed by atoms with Gasteiger partial charge in [0.1, 0.15) is 6.61 Å². The van der Waals surface area contributed by atoms with Crippen LogP contribution in [0.4, 0.5) is 0 Å². The number of nitrogens with zero attached hydrogens (tertiary/aromatic N) is 1. The van der Waals surface area contributed by atoms with E-state index < -0.39 is 5.41 Å². The van der Waals surface area contributed by atoms with Crippen LogP contribution in [0.25, 0.3) is 0 Å². The normalized spacial score (nSPS) is 12.2. The van der Waals surface area contributed by atoms with Crippen LogP contribution in [0, 0.1) is 5.41 Å². The molecule has 0 saturated heterocycles. The van der Waals surface area contributed by atoms with Gasteiger partial charge >= 0.3 is 5.97 Å². The molecule has 7 nitrogen and oxygen atoms in total. The second-order valence-corrected chi connectivity index (χ2v) is 17.5. The highest BCUT2D eigenvalue weighted by atomic mass is 16.5. The van der Waals surface area contributed by atoms with Crippen LogP contribution in [0.15, 0.2) is 24.3 Å². The second kappa shape index (κ2) is 47.8. The van der Waals surface area contributed by atoms with Crippen LogP contribution in [0.2, 0.25) is 0 Å². The Bertz CT molecular complexity index is 854. The molecule has 7 heteroatoms. The predicted octanol–water partition coefficient (Wildman–Crippen LogP) is 14.1. The predicted molar refractivity (Wildman–Crippen MR) is 253 cm³/mol. The zero-order chi connectivity index (χ0) is 43.0. The summed E-state index contributed by atoms with van der Waals surface area (Å²) >= 11 is 0. The van der Waals surface area contributed by atoms with Crippen molar-refractivity contribution in [3.63, 3.8) is 0 Å². The lowest BCUT2D eigenvalue weighted by atomic mass is 9.92. The number of carbonyl (C=O) groups excluding carboxylic acids is 1. The van der Waals surface area contributed by atoms with Crippen molar-refractivity contribution in [2.24, 2.45) is 5.41 Å². The van der Waals surface area contributed by atoms with Gasteiger partial charge in [0, 0.05) is 39.4 Å². The molecule has 0 spiro atoms. The topological polar surface area (TPSA) is 77.5 Å². The van der Waals surface area contributed by atoms with Crippen molar-refractivity contribution in [2.45, 2.75) is 227 Å². The van der Waals surface area contributed by atoms with E-state index in [1.54, 1.807) is 0 Å². The molecule has 0 amide bonds. The Morgan fingerprint density at radius 1 is 0.458 bits per heavy atom. The molecule has 0 aromatic rings. The summed E-state index contributed by atoms with van der Waals surface area (Å²) in [4.78, 5) is 15.6. The van der Waals surface area contributed by atoms with Crippen molar-refractivity contribution in [3.8, 4) is 0 Å². The van der Waals surface area contributed by atoms with Gasteiger partial charge in [0.05, 0.1) is 25.2 Å². The Labute approximate surface area is 367 Å². The third-order valence-corrected chi connectivity index (χ3v) is 11.4. The number of aliphatic hydroxyl groups excluding tert-OH is 1. The van der Waals surface area contributed by atoms with Crippen molar-refractivity contribution < 1.29 is 28.8 Å². The van der Waals surface area contributed by atoms with E-state index in [0.717, 1.165) is 90.8 Å². The van der Waals surface area contributed by atoms with Gasteiger partial charge in [-0.1, -0.05) is 168 Å². The van der Waals surface area contributed by atoms with Gasteiger partial charge in [0.2, 0.25) is 0 Å². The van der Waals surface area contributed by atoms with Crippen LogP contribution in [-0.4, -0.2) is 88.5 Å². The maximum Gasteiger partial charge on any atom is 0.305 e. The maximum atomic E-state index is 13.0. The van der Waals surface area contributed by atoms with Crippen molar-refractivity contribution in [2.75, 3.05) is 72.5 Å². The number of esters is 1. The Hall–Kier alpha value is -1.25. The first-order chi connectivity index (χ1) is 29.1. The van der Waals surface area contributed by atoms with Crippen LogP contribution in [0.5, 0.6) is 0 Å². The average molecular weight is 836 g/mol. The highest BCUT2D eigenvalue weighted by molar-refractivity contribution is 5.69. The molecule has 0 heterocycles. The van der Waals surface area contributed by atoms with E-state index in [2.05, 4.69) is 56.9 Å². The van der Waals surface area contributed by atoms with Gasteiger partial charge in [-0.05, 0) is 90.1 Å². The molecular formula is C52H101NO6. The SMILES string of the molecule is CCCCC/C=C/C/C=C/CCCCCCCCN(CCCO)CCCCCCCC(=O)OCC(COCCCCCC)(COCCCCCC)COCCCCCC. The zero-order valence-electron chi connectivity index (χ0n) is 39.9. The van der Waals surface area contributed by atoms with Crippen LogP contribution < -0.4 is 0 Å². The highest BCUT2D eigenvalue weighted by Crippen LogP contribution is 2.23. The Balaban J connectivity index is 4.53. The van der Waals surface area contributed by atoms with Gasteiger partial charge < -0.3 is 29.0 Å². The van der Waals surface area contributed by atoms with E-state index in [0.29, 0.717) is 26.2 Å². The van der Waals surface area contributed by atoms with Crippen LogP contribution in [0.3, 0.4) is 0 Å². The maximum absolute atomic E-state index is 13.0. The molecule has 1 N–H and O–H groups in total. The van der Waals surface area contributed by atoms with E-state index in [1.165, 1.54) is 141 Å². The molecule has 0 rings (SSSR count). The molecule has 0 aromatic carbocycles. The molecule has 350 valence electrons. The van der Waals surface area contributed by atoms with E-state index in [1.807, 2.05) is 0 Å². The summed E-state index contributed by atoms with van der Waals surface area (Å²) in [5, 5.41) is 9.46. The molecule has 0 unspecified atom stereocenters. The summed E-state index contributed by atoms with van der Waals surface area (Å²) in [6.07, 6.45) is 45.4. The van der Waals surface area contributed by atoms with Crippen LogP contribution in [0.1, 0.15) is 227 Å². The lowest BCUT2D eigenvalue weighted by Gasteiger charge is -2.33. The molecule has 0 atom stereocenters. The Kier molecular flexibility index (Phi) is 46.8. The summed E-state index contributed by atoms with van der Waals surface area (Å²) in [5.74, 6) is -0.119. The third kappa shape index (κ3) is 41.9. The summed E-state index contributed by atoms with van der Waals surface area (Å²) in [5.41, 5.74) is -0.486. The van der Waals surface area contributed by atoms with E-state index in [9.17, 15) is 9.90 Å². The molecule has 0 aromatic heterocycles. The van der Waals surface area contributed by atoms with Gasteiger partial charge in [0.15, 0.2) is 0 Å². The van der Waals surface area contributed by atoms with Crippen molar-refractivity contribution in [3.05, 3.63) is 24.3 Å². The number of hydrogen-bond acceptors (Lipinski definition) is 7. The van der Waals surface area contributed by atoms with Gasteiger partial charge in [-0.15, -0.1) is 0 Å². The monoisotopic (exact) mass is 836 g/mol. The van der Waals surface area contributed by atoms with Crippen molar-refractivity contribution in [1.29, 1.82) is 0 Å². The lowest BCUT2D eigenvalue weighted by molar-refractivity contribution is -0.156. The average Bonchev–Trinajstić information content (AvgIpc) is 3.24. The number of rotatable bonds is 49. The third-order valence-electron chi connectivity index (χ3n) is 11.4. The molecule has 0 saturated carbocycles. The van der Waals surface area contributed by atoms with Crippen LogP contribution >= 0.6 is 0 Å². The van der Waals surface area contributed by atoms with Gasteiger partial charge in [-0.2, -0.15) is 0 Å². The lowest BCUT2D eigenvalue weighted by Crippen LogP contribution is -2.42. The van der Waals surface area contributed by atoms with E-state index in [4.69, 9.17) is 18.9 Å². The largest absolute Gasteiger partial charge is 0.465 e.